The SMILES string of the molecule is CCO[C@@H]1CN(C(=O)OC(C)(C)C)C[C@H]1N. The van der Waals surface area contributed by atoms with Gasteiger partial charge in [-0.3, -0.25) is 0 Å². The molecule has 0 spiro atoms. The Bertz CT molecular complexity index is 250. The number of carbonyl (C=O) groups is 1. The van der Waals surface area contributed by atoms with Crippen LogP contribution in [0.25, 0.3) is 0 Å². The number of amides is 1. The lowest BCUT2D eigenvalue weighted by Gasteiger charge is -2.24. The van der Waals surface area contributed by atoms with Crippen LogP contribution in [0.4, 0.5) is 4.79 Å². The lowest BCUT2D eigenvalue weighted by Crippen LogP contribution is -2.36. The van der Waals surface area contributed by atoms with Crippen molar-refractivity contribution < 1.29 is 14.3 Å². The van der Waals surface area contributed by atoms with Crippen molar-refractivity contribution in [2.45, 2.75) is 45.4 Å². The van der Waals surface area contributed by atoms with E-state index in [-0.39, 0.29) is 18.2 Å². The summed E-state index contributed by atoms with van der Waals surface area (Å²) in [7, 11) is 0. The number of hydrogen-bond acceptors (Lipinski definition) is 4. The van der Waals surface area contributed by atoms with Crippen LogP contribution in [0.1, 0.15) is 27.7 Å². The van der Waals surface area contributed by atoms with Gasteiger partial charge in [0.25, 0.3) is 0 Å². The normalized spacial score (nSPS) is 25.9. The quantitative estimate of drug-likeness (QED) is 0.767. The van der Waals surface area contributed by atoms with Crippen LogP contribution in [0.2, 0.25) is 0 Å². The zero-order chi connectivity index (χ0) is 12.3. The van der Waals surface area contributed by atoms with E-state index in [4.69, 9.17) is 15.2 Å². The first kappa shape index (κ1) is 13.3. The summed E-state index contributed by atoms with van der Waals surface area (Å²) in [6.45, 7) is 9.09. The van der Waals surface area contributed by atoms with Gasteiger partial charge in [-0.15, -0.1) is 0 Å². The average molecular weight is 230 g/mol. The molecule has 1 rings (SSSR count). The molecular formula is C11H22N2O3. The van der Waals surface area contributed by atoms with Crippen LogP contribution in [0, 0.1) is 0 Å². The molecule has 2 N–H and O–H groups in total. The van der Waals surface area contributed by atoms with Crippen molar-refractivity contribution in [2.24, 2.45) is 5.73 Å². The molecule has 0 radical (unpaired) electrons. The Hall–Kier alpha value is -0.810. The minimum atomic E-state index is -0.467. The van der Waals surface area contributed by atoms with Crippen molar-refractivity contribution in [2.75, 3.05) is 19.7 Å². The van der Waals surface area contributed by atoms with Crippen molar-refractivity contribution in [1.82, 2.24) is 4.90 Å². The Labute approximate surface area is 96.9 Å². The van der Waals surface area contributed by atoms with E-state index >= 15 is 0 Å². The highest BCUT2D eigenvalue weighted by atomic mass is 16.6. The molecule has 1 heterocycles. The molecule has 1 aliphatic rings. The smallest absolute Gasteiger partial charge is 0.410 e. The molecule has 5 nitrogen and oxygen atoms in total. The van der Waals surface area contributed by atoms with Crippen LogP contribution in [-0.4, -0.2) is 48.4 Å². The van der Waals surface area contributed by atoms with Crippen LogP contribution in [0.15, 0.2) is 0 Å². The molecule has 16 heavy (non-hydrogen) atoms. The standard InChI is InChI=1S/C11H22N2O3/c1-5-15-9-7-13(6-8(9)12)10(14)16-11(2,3)4/h8-9H,5-7,12H2,1-4H3/t8-,9-/m1/s1. The zero-order valence-corrected chi connectivity index (χ0v) is 10.5. The van der Waals surface area contributed by atoms with Crippen molar-refractivity contribution in [3.05, 3.63) is 0 Å². The highest BCUT2D eigenvalue weighted by molar-refractivity contribution is 5.68. The van der Waals surface area contributed by atoms with E-state index in [2.05, 4.69) is 0 Å². The number of nitrogens with two attached hydrogens (primary N) is 1. The Morgan fingerprint density at radius 1 is 1.44 bits per heavy atom. The molecule has 0 bridgehead atoms. The molecule has 0 aliphatic carbocycles. The van der Waals surface area contributed by atoms with E-state index < -0.39 is 5.60 Å². The van der Waals surface area contributed by atoms with Crippen molar-refractivity contribution in [3.63, 3.8) is 0 Å². The second-order valence-electron chi connectivity index (χ2n) is 5.04. The molecule has 1 aliphatic heterocycles. The summed E-state index contributed by atoms with van der Waals surface area (Å²) in [6, 6.07) is -0.118. The minimum Gasteiger partial charge on any atom is -0.444 e. The van der Waals surface area contributed by atoms with Gasteiger partial charge in [0.2, 0.25) is 0 Å². The van der Waals surface area contributed by atoms with E-state index in [1.807, 2.05) is 27.7 Å². The van der Waals surface area contributed by atoms with Crippen molar-refractivity contribution in [3.8, 4) is 0 Å². The van der Waals surface area contributed by atoms with E-state index in [1.165, 1.54) is 0 Å². The first-order valence-corrected chi connectivity index (χ1v) is 5.68. The van der Waals surface area contributed by atoms with Crippen LogP contribution >= 0.6 is 0 Å². The van der Waals surface area contributed by atoms with Crippen LogP contribution in [0.5, 0.6) is 0 Å². The minimum absolute atomic E-state index is 0.0717. The number of ether oxygens (including phenoxy) is 2. The van der Waals surface area contributed by atoms with Crippen LogP contribution in [-0.2, 0) is 9.47 Å². The Morgan fingerprint density at radius 2 is 2.06 bits per heavy atom. The lowest BCUT2D eigenvalue weighted by molar-refractivity contribution is 0.0220. The molecule has 0 aromatic carbocycles. The molecule has 1 fully saturated rings. The van der Waals surface area contributed by atoms with Gasteiger partial charge in [0.15, 0.2) is 0 Å². The third-order valence-electron chi connectivity index (χ3n) is 2.34. The topological polar surface area (TPSA) is 64.8 Å². The monoisotopic (exact) mass is 230 g/mol. The number of carbonyl (C=O) groups excluding carboxylic acids is 1. The molecule has 5 heteroatoms. The number of hydrogen-bond donors (Lipinski definition) is 1. The molecule has 0 aromatic heterocycles. The highest BCUT2D eigenvalue weighted by Crippen LogP contribution is 2.16. The molecule has 1 saturated heterocycles. The predicted octanol–water partition coefficient (Wildman–Crippen LogP) is 0.970. The van der Waals surface area contributed by atoms with Crippen molar-refractivity contribution >= 4 is 6.09 Å². The van der Waals surface area contributed by atoms with Gasteiger partial charge in [-0.25, -0.2) is 4.79 Å². The average Bonchev–Trinajstić information content (AvgIpc) is 2.46. The van der Waals surface area contributed by atoms with E-state index in [1.54, 1.807) is 4.90 Å². The maximum Gasteiger partial charge on any atom is 0.410 e. The summed E-state index contributed by atoms with van der Waals surface area (Å²) in [6.07, 6.45) is -0.386. The summed E-state index contributed by atoms with van der Waals surface area (Å²) < 4.78 is 10.7. The summed E-state index contributed by atoms with van der Waals surface area (Å²) in [5.74, 6) is 0. The first-order valence-electron chi connectivity index (χ1n) is 5.68. The molecule has 0 saturated carbocycles. The van der Waals surface area contributed by atoms with E-state index in [0.29, 0.717) is 19.7 Å². The van der Waals surface area contributed by atoms with E-state index in [9.17, 15) is 4.79 Å². The van der Waals surface area contributed by atoms with Gasteiger partial charge in [0.05, 0.1) is 18.7 Å². The summed E-state index contributed by atoms with van der Waals surface area (Å²) in [5.41, 5.74) is 5.42. The fraction of sp³-hybridized carbons (Fsp3) is 0.909. The van der Waals surface area contributed by atoms with E-state index in [0.717, 1.165) is 0 Å². The van der Waals surface area contributed by atoms with Crippen LogP contribution in [0.3, 0.4) is 0 Å². The van der Waals surface area contributed by atoms with Gasteiger partial charge in [0, 0.05) is 13.2 Å². The largest absolute Gasteiger partial charge is 0.444 e. The second-order valence-corrected chi connectivity index (χ2v) is 5.04. The van der Waals surface area contributed by atoms with Gasteiger partial charge in [-0.2, -0.15) is 0 Å². The summed E-state index contributed by atoms with van der Waals surface area (Å²) in [5, 5.41) is 0. The maximum absolute atomic E-state index is 11.7. The van der Waals surface area contributed by atoms with Gasteiger partial charge in [-0.1, -0.05) is 0 Å². The summed E-state index contributed by atoms with van der Waals surface area (Å²) >= 11 is 0. The van der Waals surface area contributed by atoms with Gasteiger partial charge in [-0.05, 0) is 27.7 Å². The zero-order valence-electron chi connectivity index (χ0n) is 10.5. The molecule has 1 amide bonds. The fourth-order valence-electron chi connectivity index (χ4n) is 1.67. The molecule has 2 atom stereocenters. The third kappa shape index (κ3) is 3.64. The molecule has 0 aromatic rings. The highest BCUT2D eigenvalue weighted by Gasteiger charge is 2.35. The van der Waals surface area contributed by atoms with Crippen molar-refractivity contribution in [1.29, 1.82) is 0 Å². The van der Waals surface area contributed by atoms with Gasteiger partial charge in [0.1, 0.15) is 5.60 Å². The first-order chi connectivity index (χ1) is 7.33. The second kappa shape index (κ2) is 5.01. The maximum atomic E-state index is 11.7. The van der Waals surface area contributed by atoms with Gasteiger partial charge >= 0.3 is 6.09 Å². The number of nitrogens with zero attached hydrogens (tertiary/aromatic N) is 1. The number of likely N-dealkylation sites (tertiary alicyclic amines) is 1. The predicted molar refractivity (Wildman–Crippen MR) is 61.2 cm³/mol. The fourth-order valence-corrected chi connectivity index (χ4v) is 1.67. The third-order valence-corrected chi connectivity index (χ3v) is 2.34. The molecule has 0 unspecified atom stereocenters. The summed E-state index contributed by atoms with van der Waals surface area (Å²) in [4.78, 5) is 13.4. The Kier molecular flexibility index (Phi) is 4.15. The van der Waals surface area contributed by atoms with Gasteiger partial charge < -0.3 is 20.1 Å². The molecular weight excluding hydrogens is 208 g/mol. The Balaban J connectivity index is 2.48. The molecule has 94 valence electrons. The Morgan fingerprint density at radius 3 is 2.56 bits per heavy atom. The number of rotatable bonds is 2. The lowest BCUT2D eigenvalue weighted by atomic mass is 10.2. The van der Waals surface area contributed by atoms with Crippen LogP contribution < -0.4 is 5.73 Å².